The van der Waals surface area contributed by atoms with Crippen LogP contribution in [0.25, 0.3) is 0 Å². The maximum atomic E-state index is 12.2. The van der Waals surface area contributed by atoms with Crippen LogP contribution >= 0.6 is 0 Å². The number of benzene rings is 1. The summed E-state index contributed by atoms with van der Waals surface area (Å²) in [5, 5.41) is 16.7. The second-order valence-corrected chi connectivity index (χ2v) is 1.95. The lowest BCUT2D eigenvalue weighted by Crippen LogP contribution is -1.94. The Labute approximate surface area is 63.7 Å². The highest BCUT2D eigenvalue weighted by Gasteiger charge is 2.24. The highest BCUT2D eigenvalue weighted by molar-refractivity contribution is 5.36. The van der Waals surface area contributed by atoms with Crippen molar-refractivity contribution in [1.82, 2.24) is 0 Å². The summed E-state index contributed by atoms with van der Waals surface area (Å²) in [6.07, 6.45) is 0. The second-order valence-electron chi connectivity index (χ2n) is 1.95. The Bertz CT molecular complexity index is 232. The monoisotopic (exact) mass is 182 g/mol. The Morgan fingerprint density at radius 1 is 0.583 bits per heavy atom. The van der Waals surface area contributed by atoms with Crippen LogP contribution < -0.4 is 0 Å². The Kier molecular flexibility index (Phi) is 1.83. The van der Waals surface area contributed by atoms with Gasteiger partial charge in [0.2, 0.25) is 23.3 Å². The van der Waals surface area contributed by atoms with E-state index >= 15 is 0 Å². The molecular formula is C6H2F4O2. The number of phenolic OH excluding ortho intramolecular Hbond substituents is 2. The molecule has 0 aliphatic rings. The molecule has 0 unspecified atom stereocenters. The molecule has 0 atom stereocenters. The molecule has 0 spiro atoms. The van der Waals surface area contributed by atoms with Gasteiger partial charge < -0.3 is 10.2 Å². The largest absolute Gasteiger partial charge is 0.503 e. The molecule has 6 heteroatoms. The first-order valence-electron chi connectivity index (χ1n) is 2.70. The standard InChI is InChI=1S/C6H2F4O2/c7-1-2(8)6(12)4(10)3(9)5(1)11/h11-12H. The zero-order valence-corrected chi connectivity index (χ0v) is 5.41. The molecule has 1 aromatic rings. The molecule has 0 fully saturated rings. The fraction of sp³-hybridized carbons (Fsp3) is 0. The third-order valence-electron chi connectivity index (χ3n) is 1.22. The van der Waals surface area contributed by atoms with E-state index in [1.807, 2.05) is 0 Å². The van der Waals surface area contributed by atoms with Crippen LogP contribution in [0.2, 0.25) is 0 Å². The number of hydrogen-bond donors (Lipinski definition) is 2. The van der Waals surface area contributed by atoms with E-state index in [-0.39, 0.29) is 0 Å². The van der Waals surface area contributed by atoms with Crippen molar-refractivity contribution in [3.8, 4) is 11.5 Å². The molecule has 1 aromatic carbocycles. The van der Waals surface area contributed by atoms with Gasteiger partial charge in [0.1, 0.15) is 0 Å². The molecule has 1 rings (SSSR count). The molecule has 0 aromatic heterocycles. The van der Waals surface area contributed by atoms with Crippen LogP contribution in [0.3, 0.4) is 0 Å². The van der Waals surface area contributed by atoms with Crippen molar-refractivity contribution in [2.45, 2.75) is 0 Å². The molecule has 66 valence electrons. The minimum Gasteiger partial charge on any atom is -0.503 e. The lowest BCUT2D eigenvalue weighted by molar-refractivity contribution is 0.319. The van der Waals surface area contributed by atoms with Gasteiger partial charge in [0, 0.05) is 0 Å². The van der Waals surface area contributed by atoms with E-state index in [9.17, 15) is 17.6 Å². The molecule has 2 nitrogen and oxygen atoms in total. The molecule has 0 bridgehead atoms. The fourth-order valence-electron chi connectivity index (χ4n) is 0.609. The maximum Gasteiger partial charge on any atom is 0.207 e. The molecule has 12 heavy (non-hydrogen) atoms. The molecule has 0 amide bonds. The molecule has 0 saturated heterocycles. The van der Waals surface area contributed by atoms with Gasteiger partial charge in [-0.15, -0.1) is 0 Å². The minimum absolute atomic E-state index is 1.79. The number of phenols is 2. The Morgan fingerprint density at radius 3 is 0.917 bits per heavy atom. The van der Waals surface area contributed by atoms with Gasteiger partial charge in [-0.05, 0) is 0 Å². The van der Waals surface area contributed by atoms with E-state index in [2.05, 4.69) is 0 Å². The zero-order chi connectivity index (χ0) is 9.46. The van der Waals surface area contributed by atoms with Crippen LogP contribution in [-0.4, -0.2) is 10.2 Å². The first kappa shape index (κ1) is 8.63. The van der Waals surface area contributed by atoms with Gasteiger partial charge >= 0.3 is 0 Å². The maximum absolute atomic E-state index is 12.2. The second kappa shape index (κ2) is 2.54. The van der Waals surface area contributed by atoms with Gasteiger partial charge in [0.15, 0.2) is 11.5 Å². The fourth-order valence-corrected chi connectivity index (χ4v) is 0.609. The van der Waals surface area contributed by atoms with Crippen molar-refractivity contribution in [1.29, 1.82) is 0 Å². The predicted molar refractivity (Wildman–Crippen MR) is 29.6 cm³/mol. The summed E-state index contributed by atoms with van der Waals surface area (Å²) >= 11 is 0. The van der Waals surface area contributed by atoms with Crippen LogP contribution in [0.4, 0.5) is 17.6 Å². The van der Waals surface area contributed by atoms with E-state index in [1.165, 1.54) is 0 Å². The molecule has 2 N–H and O–H groups in total. The third-order valence-corrected chi connectivity index (χ3v) is 1.22. The zero-order valence-electron chi connectivity index (χ0n) is 5.41. The summed E-state index contributed by atoms with van der Waals surface area (Å²) in [6.45, 7) is 0. The highest BCUT2D eigenvalue weighted by Crippen LogP contribution is 2.32. The Morgan fingerprint density at radius 2 is 0.750 bits per heavy atom. The molecule has 0 heterocycles. The van der Waals surface area contributed by atoms with Gasteiger partial charge in [-0.2, -0.15) is 17.6 Å². The van der Waals surface area contributed by atoms with Crippen LogP contribution in [0.5, 0.6) is 11.5 Å². The quantitative estimate of drug-likeness (QED) is 0.364. The van der Waals surface area contributed by atoms with Crippen LogP contribution in [0, 0.1) is 23.3 Å². The number of halogens is 4. The highest BCUT2D eigenvalue weighted by atomic mass is 19.2. The summed E-state index contributed by atoms with van der Waals surface area (Å²) in [4.78, 5) is 0. The van der Waals surface area contributed by atoms with E-state index < -0.39 is 34.8 Å². The van der Waals surface area contributed by atoms with E-state index in [0.29, 0.717) is 0 Å². The summed E-state index contributed by atoms with van der Waals surface area (Å²) in [6, 6.07) is 0. The Balaban J connectivity index is 3.60. The average molecular weight is 182 g/mol. The van der Waals surface area contributed by atoms with Crippen LogP contribution in [0.1, 0.15) is 0 Å². The van der Waals surface area contributed by atoms with E-state index in [0.717, 1.165) is 0 Å². The topological polar surface area (TPSA) is 40.5 Å². The predicted octanol–water partition coefficient (Wildman–Crippen LogP) is 1.65. The first-order valence-corrected chi connectivity index (χ1v) is 2.70. The van der Waals surface area contributed by atoms with Crippen LogP contribution in [0.15, 0.2) is 0 Å². The average Bonchev–Trinajstić information content (AvgIpc) is 2.08. The van der Waals surface area contributed by atoms with Gasteiger partial charge in [-0.3, -0.25) is 0 Å². The Hall–Kier alpha value is -1.46. The minimum atomic E-state index is -2.02. The van der Waals surface area contributed by atoms with E-state index in [1.54, 1.807) is 0 Å². The van der Waals surface area contributed by atoms with Crippen molar-refractivity contribution in [3.05, 3.63) is 23.3 Å². The summed E-state index contributed by atoms with van der Waals surface area (Å²) < 4.78 is 49.0. The number of rotatable bonds is 0. The van der Waals surface area contributed by atoms with Crippen molar-refractivity contribution >= 4 is 0 Å². The molecule has 0 aliphatic carbocycles. The van der Waals surface area contributed by atoms with Gasteiger partial charge in [0.25, 0.3) is 0 Å². The van der Waals surface area contributed by atoms with Crippen molar-refractivity contribution < 1.29 is 27.8 Å². The SMILES string of the molecule is Oc1c(F)c(F)c(O)c(F)c1F. The number of aromatic hydroxyl groups is 2. The van der Waals surface area contributed by atoms with Gasteiger partial charge in [-0.25, -0.2) is 0 Å². The lowest BCUT2D eigenvalue weighted by Gasteiger charge is -2.02. The molecule has 0 aliphatic heterocycles. The summed E-state index contributed by atoms with van der Waals surface area (Å²) in [7, 11) is 0. The third kappa shape index (κ3) is 0.956. The molecule has 0 radical (unpaired) electrons. The van der Waals surface area contributed by atoms with Crippen molar-refractivity contribution in [2.75, 3.05) is 0 Å². The van der Waals surface area contributed by atoms with Crippen molar-refractivity contribution in [2.24, 2.45) is 0 Å². The van der Waals surface area contributed by atoms with Gasteiger partial charge in [0.05, 0.1) is 0 Å². The smallest absolute Gasteiger partial charge is 0.207 e. The van der Waals surface area contributed by atoms with Crippen molar-refractivity contribution in [3.63, 3.8) is 0 Å². The summed E-state index contributed by atoms with van der Waals surface area (Å²) in [5.74, 6) is -11.7. The molecule has 0 saturated carbocycles. The number of hydrogen-bond acceptors (Lipinski definition) is 2. The lowest BCUT2D eigenvalue weighted by atomic mass is 10.2. The first-order chi connectivity index (χ1) is 5.46. The van der Waals surface area contributed by atoms with Gasteiger partial charge in [-0.1, -0.05) is 0 Å². The normalized spacial score (nSPS) is 10.3. The summed E-state index contributed by atoms with van der Waals surface area (Å²) in [5.41, 5.74) is 0. The van der Waals surface area contributed by atoms with Crippen LogP contribution in [-0.2, 0) is 0 Å². The van der Waals surface area contributed by atoms with E-state index in [4.69, 9.17) is 10.2 Å². The molecular weight excluding hydrogens is 180 g/mol.